The number of aromatic nitrogens is 4. The Morgan fingerprint density at radius 2 is 1.91 bits per heavy atom. The molecule has 0 saturated carbocycles. The maximum atomic E-state index is 12.6. The Kier molecular flexibility index (Phi) is 6.24. The predicted octanol–water partition coefficient (Wildman–Crippen LogP) is 4.01. The van der Waals surface area contributed by atoms with Crippen molar-refractivity contribution >= 4 is 23.1 Å². The normalized spacial score (nSPS) is 23.3. The van der Waals surface area contributed by atoms with Crippen molar-refractivity contribution in [3.8, 4) is 0 Å². The Morgan fingerprint density at radius 3 is 2.74 bits per heavy atom. The van der Waals surface area contributed by atoms with E-state index < -0.39 is 0 Å². The van der Waals surface area contributed by atoms with Gasteiger partial charge in [0.05, 0.1) is 12.4 Å². The summed E-state index contributed by atoms with van der Waals surface area (Å²) in [5.41, 5.74) is 2.61. The summed E-state index contributed by atoms with van der Waals surface area (Å²) in [4.78, 5) is 26.3. The minimum atomic E-state index is -0.204. The van der Waals surface area contributed by atoms with Gasteiger partial charge in [0.1, 0.15) is 17.9 Å². The van der Waals surface area contributed by atoms with Crippen molar-refractivity contribution < 1.29 is 14.3 Å². The van der Waals surface area contributed by atoms with Crippen LogP contribution in [0.15, 0.2) is 42.7 Å². The van der Waals surface area contributed by atoms with Gasteiger partial charge in [0, 0.05) is 32.8 Å². The van der Waals surface area contributed by atoms with Crippen molar-refractivity contribution in [1.82, 2.24) is 24.6 Å². The molecule has 184 valence electrons. The lowest BCUT2D eigenvalue weighted by molar-refractivity contribution is -0.0370. The number of ether oxygens (including phenoxy) is 2. The van der Waals surface area contributed by atoms with Crippen molar-refractivity contribution in [3.05, 3.63) is 48.3 Å². The van der Waals surface area contributed by atoms with Crippen LogP contribution in [0.3, 0.4) is 0 Å². The van der Waals surface area contributed by atoms with Gasteiger partial charge in [0.25, 0.3) is 0 Å². The van der Waals surface area contributed by atoms with Gasteiger partial charge >= 0.3 is 6.09 Å². The molecule has 0 aliphatic carbocycles. The second kappa shape index (κ2) is 9.81. The Bertz CT molecular complexity index is 1160. The largest absolute Gasteiger partial charge is 0.445 e. The molecule has 1 amide bonds. The monoisotopic (exact) mass is 476 g/mol. The number of nitrogens with zero attached hydrogens (tertiary/aromatic N) is 6. The fraction of sp³-hybridized carbons (Fsp3) is 0.538. The van der Waals surface area contributed by atoms with Crippen molar-refractivity contribution in [3.63, 3.8) is 0 Å². The smallest absolute Gasteiger partial charge is 0.410 e. The van der Waals surface area contributed by atoms with Crippen LogP contribution in [0.2, 0.25) is 0 Å². The average Bonchev–Trinajstić information content (AvgIpc) is 3.31. The first-order chi connectivity index (χ1) is 17.2. The van der Waals surface area contributed by atoms with Crippen LogP contribution in [0.4, 0.5) is 10.6 Å². The molecule has 9 nitrogen and oxygen atoms in total. The molecule has 3 aromatic rings. The van der Waals surface area contributed by atoms with Crippen LogP contribution in [0, 0.1) is 11.8 Å². The van der Waals surface area contributed by atoms with E-state index >= 15 is 0 Å². The zero-order valence-electron chi connectivity index (χ0n) is 20.0. The first kappa shape index (κ1) is 22.3. The number of fused-ring (bicyclic) bond motifs is 1. The van der Waals surface area contributed by atoms with Crippen LogP contribution in [0.25, 0.3) is 11.2 Å². The minimum absolute atomic E-state index is 0.0511. The van der Waals surface area contributed by atoms with E-state index in [-0.39, 0.29) is 12.3 Å². The number of hydrogen-bond acceptors (Lipinski definition) is 7. The average molecular weight is 477 g/mol. The molecule has 3 aliphatic rings. The van der Waals surface area contributed by atoms with Crippen molar-refractivity contribution in [2.24, 2.45) is 11.8 Å². The quantitative estimate of drug-likeness (QED) is 0.550. The number of carbonyl (C=O) groups is 1. The van der Waals surface area contributed by atoms with Gasteiger partial charge in [-0.2, -0.15) is 5.10 Å². The van der Waals surface area contributed by atoms with Gasteiger partial charge in [-0.25, -0.2) is 19.4 Å². The van der Waals surface area contributed by atoms with Gasteiger partial charge in [0.15, 0.2) is 11.9 Å². The van der Waals surface area contributed by atoms with Gasteiger partial charge in [-0.1, -0.05) is 30.3 Å². The summed E-state index contributed by atoms with van der Waals surface area (Å²) < 4.78 is 13.4. The first-order valence-corrected chi connectivity index (χ1v) is 12.8. The van der Waals surface area contributed by atoms with E-state index in [0.717, 1.165) is 87.4 Å². The van der Waals surface area contributed by atoms with Crippen LogP contribution >= 0.6 is 0 Å². The van der Waals surface area contributed by atoms with Crippen LogP contribution in [-0.2, 0) is 16.1 Å². The number of carbonyl (C=O) groups excluding carboxylic acids is 1. The molecule has 35 heavy (non-hydrogen) atoms. The number of amides is 1. The van der Waals surface area contributed by atoms with Crippen molar-refractivity contribution in [2.75, 3.05) is 37.7 Å². The molecule has 9 heteroatoms. The Morgan fingerprint density at radius 1 is 1.03 bits per heavy atom. The summed E-state index contributed by atoms with van der Waals surface area (Å²) in [6, 6.07) is 9.84. The highest BCUT2D eigenvalue weighted by molar-refractivity contribution is 5.71. The fourth-order valence-electron chi connectivity index (χ4n) is 5.46. The molecule has 0 N–H and O–H groups in total. The van der Waals surface area contributed by atoms with Crippen molar-refractivity contribution in [1.29, 1.82) is 0 Å². The maximum Gasteiger partial charge on any atom is 0.410 e. The summed E-state index contributed by atoms with van der Waals surface area (Å²) in [6.45, 7) is 4.50. The number of rotatable bonds is 5. The summed E-state index contributed by atoms with van der Waals surface area (Å²) in [7, 11) is 0. The third kappa shape index (κ3) is 4.69. The molecule has 2 atom stereocenters. The summed E-state index contributed by atoms with van der Waals surface area (Å²) in [5, 5.41) is 4.51. The van der Waals surface area contributed by atoms with E-state index in [4.69, 9.17) is 14.5 Å². The zero-order chi connectivity index (χ0) is 23.6. The number of anilines is 1. The summed E-state index contributed by atoms with van der Waals surface area (Å²) >= 11 is 0. The van der Waals surface area contributed by atoms with Crippen LogP contribution in [0.5, 0.6) is 0 Å². The lowest BCUT2D eigenvalue weighted by atomic mass is 9.80. The van der Waals surface area contributed by atoms with Gasteiger partial charge < -0.3 is 19.3 Å². The molecule has 0 spiro atoms. The highest BCUT2D eigenvalue weighted by Gasteiger charge is 2.38. The molecule has 3 fully saturated rings. The van der Waals surface area contributed by atoms with Crippen LogP contribution in [0.1, 0.15) is 43.9 Å². The third-order valence-electron chi connectivity index (χ3n) is 7.54. The molecule has 6 rings (SSSR count). The summed E-state index contributed by atoms with van der Waals surface area (Å²) in [6.07, 6.45) is 8.74. The summed E-state index contributed by atoms with van der Waals surface area (Å²) in [5.74, 6) is 1.92. The lowest BCUT2D eigenvalue weighted by Gasteiger charge is -2.46. The predicted molar refractivity (Wildman–Crippen MR) is 131 cm³/mol. The molecular weight excluding hydrogens is 444 g/mol. The molecule has 3 saturated heterocycles. The van der Waals surface area contributed by atoms with E-state index in [2.05, 4.69) is 15.0 Å². The Balaban J connectivity index is 1.05. The van der Waals surface area contributed by atoms with Crippen molar-refractivity contribution in [2.45, 2.75) is 44.9 Å². The third-order valence-corrected chi connectivity index (χ3v) is 7.54. The SMILES string of the molecule is O=C(OCc1ccccc1)N1CCCC(C2CN(c3cnc4cnn(C5CCCCO5)c4n3)C2)C1. The Labute approximate surface area is 205 Å². The second-order valence-corrected chi connectivity index (χ2v) is 9.90. The number of benzene rings is 1. The first-order valence-electron chi connectivity index (χ1n) is 12.8. The second-order valence-electron chi connectivity index (χ2n) is 9.90. The van der Waals surface area contributed by atoms with E-state index in [1.165, 1.54) is 0 Å². The maximum absolute atomic E-state index is 12.6. The molecule has 3 aliphatic heterocycles. The van der Waals surface area contributed by atoms with Gasteiger partial charge in [-0.15, -0.1) is 0 Å². The molecule has 0 bridgehead atoms. The molecule has 1 aromatic carbocycles. The number of piperidine rings is 1. The molecule has 0 radical (unpaired) electrons. The Hall–Kier alpha value is -3.20. The molecule has 5 heterocycles. The van der Waals surface area contributed by atoms with Gasteiger partial charge in [-0.05, 0) is 49.5 Å². The van der Waals surface area contributed by atoms with E-state index in [1.54, 1.807) is 6.20 Å². The number of likely N-dealkylation sites (tertiary alicyclic amines) is 1. The number of hydrogen-bond donors (Lipinski definition) is 0. The standard InChI is InChI=1S/C26H32N6O3/c33-26(35-18-19-7-2-1-3-8-19)30-11-6-9-20(15-30)21-16-31(17-21)23-14-27-22-13-28-32(25(22)29-23)24-10-4-5-12-34-24/h1-3,7-8,13-14,20-21,24H,4-6,9-12,15-18H2. The molecule has 2 unspecified atom stereocenters. The lowest BCUT2D eigenvalue weighted by Crippen LogP contribution is -2.54. The van der Waals surface area contributed by atoms with Crippen LogP contribution < -0.4 is 4.90 Å². The van der Waals surface area contributed by atoms with Gasteiger partial charge in [0.2, 0.25) is 0 Å². The topological polar surface area (TPSA) is 85.6 Å². The van der Waals surface area contributed by atoms with E-state index in [9.17, 15) is 4.79 Å². The highest BCUT2D eigenvalue weighted by atomic mass is 16.6. The van der Waals surface area contributed by atoms with Crippen LogP contribution in [-0.4, -0.2) is 63.5 Å². The van der Waals surface area contributed by atoms with E-state index in [0.29, 0.717) is 18.4 Å². The fourth-order valence-corrected chi connectivity index (χ4v) is 5.46. The zero-order valence-corrected chi connectivity index (χ0v) is 20.0. The van der Waals surface area contributed by atoms with E-state index in [1.807, 2.05) is 46.1 Å². The molecular formula is C26H32N6O3. The molecule has 2 aromatic heterocycles. The highest BCUT2D eigenvalue weighted by Crippen LogP contribution is 2.34. The minimum Gasteiger partial charge on any atom is -0.445 e. The van der Waals surface area contributed by atoms with Gasteiger partial charge in [-0.3, -0.25) is 0 Å².